The minimum absolute atomic E-state index is 0.00739. The van der Waals surface area contributed by atoms with Gasteiger partial charge >= 0.3 is 5.97 Å². The lowest BCUT2D eigenvalue weighted by Gasteiger charge is -2.06. The van der Waals surface area contributed by atoms with Crippen LogP contribution in [0.5, 0.6) is 5.75 Å². The second-order valence-electron chi connectivity index (χ2n) is 3.75. The van der Waals surface area contributed by atoms with Crippen molar-refractivity contribution in [3.05, 3.63) is 29.8 Å². The first-order chi connectivity index (χ1) is 8.99. The predicted octanol–water partition coefficient (Wildman–Crippen LogP) is -0.748. The molecule has 1 aromatic rings. The molecule has 2 amide bonds. The van der Waals surface area contributed by atoms with Gasteiger partial charge in [-0.15, -0.1) is 0 Å². The molecule has 0 atom stereocenters. The van der Waals surface area contributed by atoms with Crippen LogP contribution < -0.4 is 10.6 Å². The zero-order valence-electron chi connectivity index (χ0n) is 10.0. The molecular formula is C12H14N2O5. The zero-order chi connectivity index (χ0) is 14.3. The number of phenols is 1. The van der Waals surface area contributed by atoms with Gasteiger partial charge in [-0.05, 0) is 6.07 Å². The van der Waals surface area contributed by atoms with Crippen LogP contribution in [0.1, 0.15) is 5.56 Å². The minimum Gasteiger partial charge on any atom is -0.508 e. The van der Waals surface area contributed by atoms with Gasteiger partial charge in [0.15, 0.2) is 0 Å². The van der Waals surface area contributed by atoms with E-state index in [9.17, 15) is 19.5 Å². The Morgan fingerprint density at radius 1 is 1.00 bits per heavy atom. The third-order valence-electron chi connectivity index (χ3n) is 2.23. The van der Waals surface area contributed by atoms with Crippen molar-refractivity contribution in [2.24, 2.45) is 0 Å². The number of aliphatic carboxylic acids is 1. The van der Waals surface area contributed by atoms with Crippen LogP contribution in [0.25, 0.3) is 0 Å². The normalized spacial score (nSPS) is 9.68. The highest BCUT2D eigenvalue weighted by Gasteiger charge is 2.09. The SMILES string of the molecule is O=C(O)CNC(=O)CNC(=O)Cc1ccccc1O. The van der Waals surface area contributed by atoms with Crippen LogP contribution in [0.4, 0.5) is 0 Å². The van der Waals surface area contributed by atoms with Crippen LogP contribution in [0, 0.1) is 0 Å². The molecule has 0 aliphatic rings. The van der Waals surface area contributed by atoms with Gasteiger partial charge in [0.25, 0.3) is 0 Å². The number of aromatic hydroxyl groups is 1. The maximum Gasteiger partial charge on any atom is 0.322 e. The van der Waals surface area contributed by atoms with Crippen molar-refractivity contribution in [2.45, 2.75) is 6.42 Å². The molecule has 0 bridgehead atoms. The van der Waals surface area contributed by atoms with Gasteiger partial charge in [-0.1, -0.05) is 18.2 Å². The molecule has 0 radical (unpaired) electrons. The van der Waals surface area contributed by atoms with E-state index in [1.807, 2.05) is 0 Å². The first kappa shape index (κ1) is 14.5. The molecule has 102 valence electrons. The first-order valence-electron chi connectivity index (χ1n) is 5.51. The van der Waals surface area contributed by atoms with E-state index in [0.29, 0.717) is 5.56 Å². The number of hydrogen-bond donors (Lipinski definition) is 4. The van der Waals surface area contributed by atoms with Gasteiger partial charge < -0.3 is 20.8 Å². The Kier molecular flexibility index (Phi) is 5.34. The lowest BCUT2D eigenvalue weighted by Crippen LogP contribution is -2.39. The molecule has 19 heavy (non-hydrogen) atoms. The fourth-order valence-electron chi connectivity index (χ4n) is 1.31. The van der Waals surface area contributed by atoms with Gasteiger partial charge in [-0.2, -0.15) is 0 Å². The van der Waals surface area contributed by atoms with Crippen molar-refractivity contribution in [1.82, 2.24) is 10.6 Å². The highest BCUT2D eigenvalue weighted by molar-refractivity contribution is 5.87. The molecule has 0 aliphatic heterocycles. The van der Waals surface area contributed by atoms with E-state index in [-0.39, 0.29) is 18.7 Å². The van der Waals surface area contributed by atoms with Crippen molar-refractivity contribution < 1.29 is 24.6 Å². The third kappa shape index (κ3) is 5.53. The molecule has 0 saturated carbocycles. The second-order valence-corrected chi connectivity index (χ2v) is 3.75. The lowest BCUT2D eigenvalue weighted by atomic mass is 10.1. The predicted molar refractivity (Wildman–Crippen MR) is 65.5 cm³/mol. The van der Waals surface area contributed by atoms with Crippen molar-refractivity contribution >= 4 is 17.8 Å². The summed E-state index contributed by atoms with van der Waals surface area (Å²) in [6.07, 6.45) is -0.0567. The average molecular weight is 266 g/mol. The molecule has 0 heterocycles. The Hall–Kier alpha value is -2.57. The van der Waals surface area contributed by atoms with E-state index in [1.54, 1.807) is 18.2 Å². The molecule has 0 fully saturated rings. The van der Waals surface area contributed by atoms with Gasteiger partial charge in [-0.25, -0.2) is 0 Å². The van der Waals surface area contributed by atoms with Crippen molar-refractivity contribution in [3.8, 4) is 5.75 Å². The number of nitrogens with one attached hydrogen (secondary N) is 2. The fraction of sp³-hybridized carbons (Fsp3) is 0.250. The minimum atomic E-state index is -1.16. The van der Waals surface area contributed by atoms with Crippen LogP contribution in [-0.2, 0) is 20.8 Å². The van der Waals surface area contributed by atoms with Gasteiger partial charge in [0.05, 0.1) is 13.0 Å². The van der Waals surface area contributed by atoms with Gasteiger partial charge in [-0.3, -0.25) is 14.4 Å². The molecule has 7 nitrogen and oxygen atoms in total. The summed E-state index contributed by atoms with van der Waals surface area (Å²) >= 11 is 0. The van der Waals surface area contributed by atoms with Gasteiger partial charge in [0, 0.05) is 5.56 Å². The quantitative estimate of drug-likeness (QED) is 0.541. The van der Waals surface area contributed by atoms with Crippen LogP contribution in [-0.4, -0.2) is 41.1 Å². The zero-order valence-corrected chi connectivity index (χ0v) is 10.0. The number of hydrogen-bond acceptors (Lipinski definition) is 4. The third-order valence-corrected chi connectivity index (χ3v) is 2.23. The Morgan fingerprint density at radius 3 is 2.26 bits per heavy atom. The smallest absolute Gasteiger partial charge is 0.322 e. The summed E-state index contributed by atoms with van der Waals surface area (Å²) in [6.45, 7) is -0.798. The number of carbonyl (C=O) groups excluding carboxylic acids is 2. The highest BCUT2D eigenvalue weighted by Crippen LogP contribution is 2.15. The summed E-state index contributed by atoms with van der Waals surface area (Å²) in [7, 11) is 0. The topological polar surface area (TPSA) is 116 Å². The number of carboxylic acids is 1. The van der Waals surface area contributed by atoms with Crippen LogP contribution in [0.3, 0.4) is 0 Å². The van der Waals surface area contributed by atoms with Crippen molar-refractivity contribution in [1.29, 1.82) is 0 Å². The molecule has 0 aromatic heterocycles. The Morgan fingerprint density at radius 2 is 1.63 bits per heavy atom. The van der Waals surface area contributed by atoms with E-state index in [1.165, 1.54) is 6.07 Å². The number of benzene rings is 1. The van der Waals surface area contributed by atoms with E-state index in [0.717, 1.165) is 0 Å². The number of para-hydroxylation sites is 1. The Bertz CT molecular complexity index is 487. The second kappa shape index (κ2) is 7.00. The van der Waals surface area contributed by atoms with Gasteiger partial charge in [0.2, 0.25) is 11.8 Å². The number of carbonyl (C=O) groups is 3. The number of rotatable bonds is 6. The summed E-state index contributed by atoms with van der Waals surface area (Å²) in [4.78, 5) is 32.8. The summed E-state index contributed by atoms with van der Waals surface area (Å²) in [5, 5.41) is 22.2. The molecule has 0 aliphatic carbocycles. The van der Waals surface area contributed by atoms with E-state index in [2.05, 4.69) is 10.6 Å². The fourth-order valence-corrected chi connectivity index (χ4v) is 1.31. The molecular weight excluding hydrogens is 252 g/mol. The van der Waals surface area contributed by atoms with E-state index in [4.69, 9.17) is 5.11 Å². The molecule has 1 rings (SSSR count). The van der Waals surface area contributed by atoms with Crippen LogP contribution in [0.2, 0.25) is 0 Å². The van der Waals surface area contributed by atoms with Crippen LogP contribution in [0.15, 0.2) is 24.3 Å². The summed E-state index contributed by atoms with van der Waals surface area (Å²) < 4.78 is 0. The van der Waals surface area contributed by atoms with E-state index < -0.39 is 24.3 Å². The summed E-state index contributed by atoms with van der Waals surface area (Å²) in [6, 6.07) is 6.37. The lowest BCUT2D eigenvalue weighted by molar-refractivity contribution is -0.137. The average Bonchev–Trinajstić information content (AvgIpc) is 2.36. The molecule has 0 unspecified atom stereocenters. The molecule has 0 saturated heterocycles. The summed E-state index contributed by atoms with van der Waals surface area (Å²) in [5.74, 6) is -2.18. The highest BCUT2D eigenvalue weighted by atomic mass is 16.4. The summed E-state index contributed by atoms with van der Waals surface area (Å²) in [5.41, 5.74) is 0.450. The van der Waals surface area contributed by atoms with Crippen LogP contribution >= 0.6 is 0 Å². The molecule has 7 heteroatoms. The standard InChI is InChI=1S/C12H14N2O5/c15-9-4-2-1-3-8(9)5-10(16)13-6-11(17)14-7-12(18)19/h1-4,15H,5-7H2,(H,13,16)(H,14,17)(H,18,19). The molecule has 4 N–H and O–H groups in total. The van der Waals surface area contributed by atoms with E-state index >= 15 is 0 Å². The maximum absolute atomic E-state index is 11.5. The number of carboxylic acid groups (broad SMARTS) is 1. The van der Waals surface area contributed by atoms with Gasteiger partial charge in [0.1, 0.15) is 12.3 Å². The Balaban J connectivity index is 2.34. The maximum atomic E-state index is 11.5. The number of phenolic OH excluding ortho intramolecular Hbond substituents is 1. The largest absolute Gasteiger partial charge is 0.508 e. The first-order valence-corrected chi connectivity index (χ1v) is 5.51. The Labute approximate surface area is 109 Å². The van der Waals surface area contributed by atoms with Crippen molar-refractivity contribution in [3.63, 3.8) is 0 Å². The van der Waals surface area contributed by atoms with Crippen molar-refractivity contribution in [2.75, 3.05) is 13.1 Å². The molecule has 0 spiro atoms. The number of amides is 2. The molecule has 1 aromatic carbocycles. The monoisotopic (exact) mass is 266 g/mol.